The molecular formula is C36H34F2O2Si. The van der Waals surface area contributed by atoms with Gasteiger partial charge in [-0.05, 0) is 81.9 Å². The number of hydrogen-bond acceptors (Lipinski definition) is 2. The van der Waals surface area contributed by atoms with Gasteiger partial charge in [0.15, 0.2) is 0 Å². The van der Waals surface area contributed by atoms with Crippen LogP contribution in [0, 0.1) is 11.6 Å². The third-order valence-electron chi connectivity index (χ3n) is 9.03. The summed E-state index contributed by atoms with van der Waals surface area (Å²) in [5, 5.41) is 24.4. The molecule has 0 saturated carbocycles. The van der Waals surface area contributed by atoms with Crippen LogP contribution in [-0.4, -0.2) is 18.3 Å². The van der Waals surface area contributed by atoms with Crippen LogP contribution in [0.1, 0.15) is 71.9 Å². The van der Waals surface area contributed by atoms with E-state index in [0.717, 1.165) is 35.1 Å². The van der Waals surface area contributed by atoms with E-state index in [1.165, 1.54) is 57.9 Å². The highest BCUT2D eigenvalue weighted by molar-refractivity contribution is 7.09. The van der Waals surface area contributed by atoms with E-state index >= 15 is 0 Å². The van der Waals surface area contributed by atoms with Crippen LogP contribution in [0.15, 0.2) is 96.1 Å². The summed E-state index contributed by atoms with van der Waals surface area (Å²) in [6.07, 6.45) is 1.51. The molecule has 5 heteroatoms. The number of allylic oxidation sites excluding steroid dienone is 2. The summed E-state index contributed by atoms with van der Waals surface area (Å²) in [6.45, 7) is 9.02. The van der Waals surface area contributed by atoms with E-state index in [4.69, 9.17) is 0 Å². The maximum atomic E-state index is 14.5. The molecule has 2 unspecified atom stereocenters. The van der Waals surface area contributed by atoms with Crippen molar-refractivity contribution in [1.29, 1.82) is 0 Å². The van der Waals surface area contributed by atoms with E-state index in [0.29, 0.717) is 11.1 Å². The van der Waals surface area contributed by atoms with Gasteiger partial charge in [0.1, 0.15) is 31.2 Å². The van der Waals surface area contributed by atoms with Crippen molar-refractivity contribution in [2.24, 2.45) is 0 Å². The molecule has 2 nitrogen and oxygen atoms in total. The number of phenolic OH excluding ortho intramolecular Hbond substituents is 2. The van der Waals surface area contributed by atoms with Gasteiger partial charge in [0.05, 0.1) is 0 Å². The van der Waals surface area contributed by atoms with Crippen LogP contribution in [-0.2, 0) is 0 Å². The van der Waals surface area contributed by atoms with E-state index in [1.807, 2.05) is 12.1 Å². The van der Waals surface area contributed by atoms with Gasteiger partial charge in [-0.15, -0.1) is 0 Å². The Hall–Kier alpha value is -3.96. The average Bonchev–Trinajstić information content (AvgIpc) is 3.49. The van der Waals surface area contributed by atoms with Crippen LogP contribution in [0.4, 0.5) is 8.78 Å². The molecule has 0 radical (unpaired) electrons. The standard InChI is InChI=1S/C36H34F2O2Si/c1-5-23-33(29-19-21(37)15-17-31(29)39)25-11-7-9-13-27(25)35(23)41(3,4)36-24(6-2)34(26-12-8-10-14-28(26)36)30-20-22(38)16-18-32(30)40/h7-20,33-34,39-40H,5-6H2,1-4H3. The predicted octanol–water partition coefficient (Wildman–Crippen LogP) is 9.48. The van der Waals surface area contributed by atoms with Crippen LogP contribution in [0.25, 0.3) is 10.4 Å². The van der Waals surface area contributed by atoms with E-state index in [-0.39, 0.29) is 35.0 Å². The summed E-state index contributed by atoms with van der Waals surface area (Å²) in [5.74, 6) is -1.01. The Morgan fingerprint density at radius 2 is 0.976 bits per heavy atom. The molecule has 0 amide bonds. The van der Waals surface area contributed by atoms with Crippen molar-refractivity contribution in [1.82, 2.24) is 0 Å². The minimum absolute atomic E-state index is 0.0965. The van der Waals surface area contributed by atoms with Gasteiger partial charge in [-0.3, -0.25) is 0 Å². The van der Waals surface area contributed by atoms with Gasteiger partial charge in [0.25, 0.3) is 0 Å². The van der Waals surface area contributed by atoms with Crippen LogP contribution in [0.5, 0.6) is 11.5 Å². The maximum Gasteiger partial charge on any atom is 0.123 e. The number of benzene rings is 4. The quantitative estimate of drug-likeness (QED) is 0.229. The maximum absolute atomic E-state index is 14.5. The van der Waals surface area contributed by atoms with Gasteiger partial charge >= 0.3 is 0 Å². The predicted molar refractivity (Wildman–Crippen MR) is 165 cm³/mol. The van der Waals surface area contributed by atoms with E-state index in [2.05, 4.69) is 63.3 Å². The second kappa shape index (κ2) is 10.1. The smallest absolute Gasteiger partial charge is 0.123 e. The summed E-state index contributed by atoms with van der Waals surface area (Å²) in [7, 11) is -2.51. The fourth-order valence-electron chi connectivity index (χ4n) is 7.55. The summed E-state index contributed by atoms with van der Waals surface area (Å²) in [6, 6.07) is 25.1. The van der Waals surface area contributed by atoms with Gasteiger partial charge in [-0.25, -0.2) is 8.78 Å². The van der Waals surface area contributed by atoms with Crippen molar-refractivity contribution in [3.05, 3.63) is 141 Å². The fraction of sp³-hybridized carbons (Fsp3) is 0.222. The molecule has 0 aliphatic heterocycles. The van der Waals surface area contributed by atoms with E-state index in [1.54, 1.807) is 0 Å². The molecule has 4 aromatic rings. The minimum atomic E-state index is -2.51. The Morgan fingerprint density at radius 1 is 0.585 bits per heavy atom. The van der Waals surface area contributed by atoms with Crippen LogP contribution in [0.2, 0.25) is 13.1 Å². The Balaban J connectivity index is 1.64. The molecule has 2 atom stereocenters. The number of phenols is 2. The topological polar surface area (TPSA) is 40.5 Å². The van der Waals surface area contributed by atoms with E-state index < -0.39 is 8.07 Å². The highest BCUT2D eigenvalue weighted by Gasteiger charge is 2.46. The molecule has 2 N–H and O–H groups in total. The van der Waals surface area contributed by atoms with Gasteiger partial charge in [-0.1, -0.05) is 86.6 Å². The molecule has 4 aromatic carbocycles. The second-order valence-electron chi connectivity index (χ2n) is 11.6. The molecule has 0 heterocycles. The lowest BCUT2D eigenvalue weighted by Gasteiger charge is -2.31. The SMILES string of the molecule is CCC1=C([Si](C)(C)C2=C(CC)C(c3cc(F)ccc3O)c3ccccc32)c2ccccc2C1c1cc(F)ccc1O. The van der Waals surface area contributed by atoms with Crippen molar-refractivity contribution in [2.75, 3.05) is 0 Å². The largest absolute Gasteiger partial charge is 0.508 e. The number of halogens is 2. The lowest BCUT2D eigenvalue weighted by atomic mass is 9.87. The molecule has 0 saturated heterocycles. The Kier molecular flexibility index (Phi) is 6.73. The van der Waals surface area contributed by atoms with Crippen molar-refractivity contribution >= 4 is 18.5 Å². The normalized spacial score (nSPS) is 18.2. The third-order valence-corrected chi connectivity index (χ3v) is 12.7. The summed E-state index contributed by atoms with van der Waals surface area (Å²) in [4.78, 5) is 0. The Labute approximate surface area is 241 Å². The summed E-state index contributed by atoms with van der Waals surface area (Å²) in [5.41, 5.74) is 8.10. The van der Waals surface area contributed by atoms with Crippen molar-refractivity contribution in [3.8, 4) is 11.5 Å². The Bertz CT molecular complexity index is 1620. The molecule has 0 bridgehead atoms. The number of rotatable bonds is 6. The van der Waals surface area contributed by atoms with Crippen LogP contribution < -0.4 is 0 Å². The van der Waals surface area contributed by atoms with Gasteiger partial charge in [0.2, 0.25) is 0 Å². The lowest BCUT2D eigenvalue weighted by molar-refractivity contribution is 0.463. The minimum Gasteiger partial charge on any atom is -0.508 e. The first-order valence-corrected chi connectivity index (χ1v) is 17.3. The number of hydrogen-bond donors (Lipinski definition) is 2. The molecule has 0 aromatic heterocycles. The third kappa shape index (κ3) is 4.17. The highest BCUT2D eigenvalue weighted by Crippen LogP contribution is 2.58. The average molecular weight is 565 g/mol. The highest BCUT2D eigenvalue weighted by atomic mass is 28.3. The molecule has 0 fully saturated rings. The van der Waals surface area contributed by atoms with Crippen molar-refractivity contribution in [2.45, 2.75) is 51.6 Å². The molecule has 2 aliphatic carbocycles. The van der Waals surface area contributed by atoms with Gasteiger partial charge in [-0.2, -0.15) is 0 Å². The Morgan fingerprint density at radius 3 is 1.37 bits per heavy atom. The number of aromatic hydroxyl groups is 2. The number of fused-ring (bicyclic) bond motifs is 2. The molecular weight excluding hydrogens is 530 g/mol. The molecule has 208 valence electrons. The first kappa shape index (κ1) is 27.2. The molecule has 6 rings (SSSR count). The summed E-state index contributed by atoms with van der Waals surface area (Å²) >= 11 is 0. The zero-order valence-corrected chi connectivity index (χ0v) is 24.8. The zero-order chi connectivity index (χ0) is 29.1. The fourth-order valence-corrected chi connectivity index (χ4v) is 11.8. The monoisotopic (exact) mass is 564 g/mol. The second-order valence-corrected chi connectivity index (χ2v) is 15.8. The van der Waals surface area contributed by atoms with Gasteiger partial charge in [0, 0.05) is 23.0 Å². The molecule has 0 spiro atoms. The van der Waals surface area contributed by atoms with Gasteiger partial charge < -0.3 is 10.2 Å². The molecule has 2 aliphatic rings. The summed E-state index contributed by atoms with van der Waals surface area (Å²) < 4.78 is 29.1. The van der Waals surface area contributed by atoms with Crippen LogP contribution >= 0.6 is 0 Å². The first-order valence-electron chi connectivity index (χ1n) is 14.3. The van der Waals surface area contributed by atoms with Crippen LogP contribution in [0.3, 0.4) is 0 Å². The van der Waals surface area contributed by atoms with Crippen molar-refractivity contribution < 1.29 is 19.0 Å². The zero-order valence-electron chi connectivity index (χ0n) is 23.8. The van der Waals surface area contributed by atoms with E-state index in [9.17, 15) is 19.0 Å². The molecule has 41 heavy (non-hydrogen) atoms. The lowest BCUT2D eigenvalue weighted by Crippen LogP contribution is -2.31. The first-order chi connectivity index (χ1) is 19.7. The van der Waals surface area contributed by atoms with Crippen molar-refractivity contribution in [3.63, 3.8) is 0 Å².